The summed E-state index contributed by atoms with van der Waals surface area (Å²) in [5.41, 5.74) is 16.0. The van der Waals surface area contributed by atoms with Crippen LogP contribution in [0.4, 0.5) is 0 Å². The first-order chi connectivity index (χ1) is 41.0. The van der Waals surface area contributed by atoms with Gasteiger partial charge in [-0.1, -0.05) is 99.3 Å². The maximum absolute atomic E-state index is 17.4. The molecule has 18 atom stereocenters. The minimum atomic E-state index is -1.15. The van der Waals surface area contributed by atoms with Crippen molar-refractivity contribution in [3.05, 3.63) is 80.5 Å². The Morgan fingerprint density at radius 2 is 1.54 bits per heavy atom. The quantitative estimate of drug-likeness (QED) is 0.222. The van der Waals surface area contributed by atoms with Gasteiger partial charge < -0.3 is 25.2 Å². The number of allylic oxidation sites excluding steroid dienone is 4. The van der Waals surface area contributed by atoms with Crippen molar-refractivity contribution in [2.24, 2.45) is 103 Å². The van der Waals surface area contributed by atoms with E-state index in [2.05, 4.69) is 41.0 Å². The number of aryl methyl sites for hydroxylation is 1. The van der Waals surface area contributed by atoms with E-state index in [1.54, 1.807) is 22.4 Å². The van der Waals surface area contributed by atoms with Gasteiger partial charge in [0.1, 0.15) is 11.2 Å². The van der Waals surface area contributed by atoms with Crippen LogP contribution < -0.4 is 5.73 Å². The zero-order valence-electron chi connectivity index (χ0n) is 51.2. The highest BCUT2D eigenvalue weighted by Gasteiger charge is 2.94. The molecule has 4 saturated heterocycles. The van der Waals surface area contributed by atoms with Crippen LogP contribution in [0.1, 0.15) is 247 Å². The fourth-order valence-electron chi connectivity index (χ4n) is 30.5. The van der Waals surface area contributed by atoms with E-state index >= 15 is 9.59 Å². The molecule has 8 nitrogen and oxygen atoms in total. The van der Waals surface area contributed by atoms with Gasteiger partial charge in [0.25, 0.3) is 0 Å². The minimum absolute atomic E-state index is 0.0811. The van der Waals surface area contributed by atoms with Crippen LogP contribution in [0.5, 0.6) is 0 Å². The van der Waals surface area contributed by atoms with Gasteiger partial charge in [0, 0.05) is 66.1 Å². The number of nitrogens with zero attached hydrogens (tertiary/aromatic N) is 2. The van der Waals surface area contributed by atoms with Crippen molar-refractivity contribution in [3.63, 3.8) is 0 Å². The Balaban J connectivity index is 0.859. The Morgan fingerprint density at radius 3 is 2.38 bits per heavy atom. The molecule has 8 spiro atoms. The molecule has 448 valence electrons. The largest absolute Gasteiger partial charge is 0.508 e. The first-order valence-electron chi connectivity index (χ1n) is 36.4. The van der Waals surface area contributed by atoms with Gasteiger partial charge in [0.15, 0.2) is 11.4 Å². The molecule has 7 heterocycles. The molecule has 18 unspecified atom stereocenters. The molecule has 1 aromatic rings. The van der Waals surface area contributed by atoms with Crippen molar-refractivity contribution in [3.8, 4) is 0 Å². The van der Waals surface area contributed by atoms with Gasteiger partial charge in [0.05, 0.1) is 11.0 Å². The number of carbonyl (C=O) groups is 2. The van der Waals surface area contributed by atoms with Gasteiger partial charge in [0.2, 0.25) is 0 Å². The van der Waals surface area contributed by atoms with E-state index < -0.39 is 16.4 Å². The summed E-state index contributed by atoms with van der Waals surface area (Å²) < 4.78 is 15.4. The van der Waals surface area contributed by atoms with E-state index in [-0.39, 0.29) is 47.1 Å². The van der Waals surface area contributed by atoms with E-state index in [0.717, 1.165) is 74.6 Å². The zero-order valence-corrected chi connectivity index (χ0v) is 51.2. The topological polar surface area (TPSA) is 105 Å². The molecule has 0 radical (unpaired) electrons. The number of benzene rings is 1. The maximum Gasteiger partial charge on any atom is 0.339 e. The molecule has 19 aliphatic rings. The van der Waals surface area contributed by atoms with Crippen molar-refractivity contribution >= 4 is 11.9 Å². The number of aliphatic hydroxyl groups excluding tert-OH is 1. The van der Waals surface area contributed by atoms with Gasteiger partial charge >= 0.3 is 11.9 Å². The molecular formula is C76H99N3O5. The number of hydrogen-bond acceptors (Lipinski definition) is 8. The lowest BCUT2D eigenvalue weighted by Gasteiger charge is -2.74. The van der Waals surface area contributed by atoms with Crippen LogP contribution in [0, 0.1) is 97.1 Å². The third-order valence-corrected chi connectivity index (χ3v) is 32.7. The predicted molar refractivity (Wildman–Crippen MR) is 324 cm³/mol. The van der Waals surface area contributed by atoms with Crippen LogP contribution in [0.25, 0.3) is 0 Å². The summed E-state index contributed by atoms with van der Waals surface area (Å²) in [5.74, 6) is 3.89. The number of nitrogens with two attached hydrogens (primary N) is 1. The van der Waals surface area contributed by atoms with Gasteiger partial charge in [-0.15, -0.1) is 0 Å². The average molecular weight is 1130 g/mol. The Kier molecular flexibility index (Phi) is 10.5. The van der Waals surface area contributed by atoms with Crippen LogP contribution in [0.3, 0.4) is 0 Å². The molecular weight excluding hydrogens is 1030 g/mol. The average Bonchev–Trinajstić information content (AvgIpc) is 1.28. The van der Waals surface area contributed by atoms with Gasteiger partial charge in [-0.05, 0) is 254 Å². The van der Waals surface area contributed by atoms with Crippen LogP contribution in [-0.2, 0) is 26.3 Å². The van der Waals surface area contributed by atoms with Crippen molar-refractivity contribution < 1.29 is 24.2 Å². The number of hydrogen-bond donors (Lipinski definition) is 2. The van der Waals surface area contributed by atoms with E-state index in [1.165, 1.54) is 179 Å². The molecule has 12 fully saturated rings. The van der Waals surface area contributed by atoms with Gasteiger partial charge in [-0.3, -0.25) is 9.69 Å². The lowest BCUT2D eigenvalue weighted by Crippen LogP contribution is -2.78. The van der Waals surface area contributed by atoms with Crippen molar-refractivity contribution in [1.82, 2.24) is 9.80 Å². The molecule has 0 amide bonds. The van der Waals surface area contributed by atoms with Crippen LogP contribution >= 0.6 is 0 Å². The van der Waals surface area contributed by atoms with E-state index in [0.29, 0.717) is 93.7 Å². The molecule has 20 rings (SSSR count). The van der Waals surface area contributed by atoms with E-state index in [1.807, 2.05) is 0 Å². The number of piperidine rings is 3. The maximum atomic E-state index is 17.4. The van der Waals surface area contributed by atoms with Crippen LogP contribution in [0.15, 0.2) is 63.8 Å². The summed E-state index contributed by atoms with van der Waals surface area (Å²) in [6, 6.07) is 7.92. The second-order valence-electron chi connectivity index (χ2n) is 34.4. The number of carbonyl (C=O) groups excluding carboxylic acids is 2. The first kappa shape index (κ1) is 51.5. The third kappa shape index (κ3) is 5.73. The molecule has 3 N–H and O–H groups in total. The molecule has 9 bridgehead atoms. The van der Waals surface area contributed by atoms with Gasteiger partial charge in [-0.2, -0.15) is 0 Å². The SMILES string of the molecule is CC1CC2=C3C4C5=C6C7CC14CCC7=CC(C1CCCC4(CCCC4)C1)CC1C64C(=O)OC(=C(O)C6CCC7C8CC(CN7C6C6CC7(CCCC7)C7(CCCC79CCCC9)C6)C(CC2)N3C8)C4(CC5)C12OC(=O)c1c(CCCN)cccc12. The van der Waals surface area contributed by atoms with Crippen LogP contribution in [0.2, 0.25) is 0 Å². The summed E-state index contributed by atoms with van der Waals surface area (Å²) in [6.45, 7) is 5.58. The highest BCUT2D eigenvalue weighted by atomic mass is 16.6. The Bertz CT molecular complexity index is 3210. The summed E-state index contributed by atoms with van der Waals surface area (Å²) in [4.78, 5) is 39.5. The summed E-state index contributed by atoms with van der Waals surface area (Å²) in [5, 5.41) is 14.8. The molecule has 84 heavy (non-hydrogen) atoms. The molecule has 1 aromatic carbocycles. The fraction of sp³-hybridized carbons (Fsp3) is 0.789. The molecule has 12 aliphatic carbocycles. The molecule has 7 aliphatic heterocycles. The third-order valence-electron chi connectivity index (χ3n) is 32.7. The number of rotatable bonds is 5. The first-order valence-corrected chi connectivity index (χ1v) is 36.4. The lowest BCUT2D eigenvalue weighted by molar-refractivity contribution is -0.284. The predicted octanol–water partition coefficient (Wildman–Crippen LogP) is 15.6. The molecule has 8 heteroatoms. The Morgan fingerprint density at radius 1 is 0.738 bits per heavy atom. The van der Waals surface area contributed by atoms with Gasteiger partial charge in [-0.25, -0.2) is 4.79 Å². The van der Waals surface area contributed by atoms with Crippen LogP contribution in [-0.4, -0.2) is 64.6 Å². The normalized spacial score (nSPS) is 48.6. The minimum Gasteiger partial charge on any atom is -0.508 e. The summed E-state index contributed by atoms with van der Waals surface area (Å²) in [7, 11) is 0. The summed E-state index contributed by atoms with van der Waals surface area (Å²) >= 11 is 0. The smallest absolute Gasteiger partial charge is 0.339 e. The van der Waals surface area contributed by atoms with Crippen molar-refractivity contribution in [2.75, 3.05) is 19.6 Å². The second-order valence-corrected chi connectivity index (χ2v) is 34.4. The number of esters is 2. The standard InChI is InChI=1S/C76H99N3O5/c1-44-34-47-16-18-57-50-36-51-43-79(57)64(47)62-53-21-32-74-66(65(80)54-17-19-58(51)78(42-50)63(54)52-39-71(27-6-7-28-71)73(40-52)30-11-29-70(73)25-4-5-26-70)83-68(82)75(74)59(76(74)56-15-8-12-45(14-10-33-77)60(56)67(81)84-76)37-49(48-13-9-24-69(38-48)22-2-3-23-69)35-46-20-31-72(44,62)41-55(46)61(53)75/h8,12,15,35,44,48-52,54-55,57-59,62-63,80H,2-7,9-11,13-14,16-34,36-43,77H2,1H3. The fourth-order valence-corrected chi connectivity index (χ4v) is 30.5. The van der Waals surface area contributed by atoms with Crippen molar-refractivity contribution in [1.29, 1.82) is 0 Å². The highest BCUT2D eigenvalue weighted by Crippen LogP contribution is 2.90. The monoisotopic (exact) mass is 1130 g/mol. The Hall–Kier alpha value is -3.36. The zero-order chi connectivity index (χ0) is 55.7. The van der Waals surface area contributed by atoms with E-state index in [9.17, 15) is 5.11 Å². The number of fused-ring (bicyclic) bond motifs is 10. The Labute approximate surface area is 501 Å². The lowest BCUT2D eigenvalue weighted by atomic mass is 9.26. The second kappa shape index (κ2) is 17.1. The summed E-state index contributed by atoms with van der Waals surface area (Å²) in [6.07, 6.45) is 46.3. The number of aliphatic hydroxyl groups is 1. The molecule has 0 aromatic heterocycles. The number of ether oxygens (including phenoxy) is 2. The van der Waals surface area contributed by atoms with Crippen molar-refractivity contribution in [2.45, 2.75) is 255 Å². The van der Waals surface area contributed by atoms with E-state index in [4.69, 9.17) is 15.2 Å². The molecule has 8 saturated carbocycles. The highest BCUT2D eigenvalue weighted by molar-refractivity contribution is 6.00.